The zero-order valence-electron chi connectivity index (χ0n) is 17.5. The number of nitrogens with one attached hydrogen (secondary N) is 2. The first-order valence-corrected chi connectivity index (χ1v) is 9.22. The molecule has 8 heteroatoms. The van der Waals surface area contributed by atoms with E-state index < -0.39 is 17.7 Å². The Labute approximate surface area is 169 Å². The predicted octanol–water partition coefficient (Wildman–Crippen LogP) is 2.89. The van der Waals surface area contributed by atoms with Crippen LogP contribution >= 0.6 is 0 Å². The number of benzene rings is 1. The van der Waals surface area contributed by atoms with E-state index in [1.165, 1.54) is 14.2 Å². The first-order chi connectivity index (χ1) is 13.7. The number of methoxy groups -OCH3 is 2. The normalized spacial score (nSPS) is 10.6. The van der Waals surface area contributed by atoms with E-state index in [0.29, 0.717) is 22.8 Å². The summed E-state index contributed by atoms with van der Waals surface area (Å²) < 4.78 is 15.9. The SMILES string of the molecule is CCOC(=O)c1c(C)[nH]c(C(=O)C(=O)NC(C)C)c1-c1cc(OC)ccc1OC. The Hall–Kier alpha value is -3.29. The van der Waals surface area contributed by atoms with Crippen molar-refractivity contribution in [2.45, 2.75) is 33.7 Å². The molecule has 0 aliphatic rings. The number of aromatic nitrogens is 1. The van der Waals surface area contributed by atoms with Gasteiger partial charge in [0.25, 0.3) is 11.7 Å². The molecule has 0 fully saturated rings. The van der Waals surface area contributed by atoms with E-state index in [0.717, 1.165) is 0 Å². The average molecular weight is 402 g/mol. The zero-order chi connectivity index (χ0) is 21.7. The van der Waals surface area contributed by atoms with Gasteiger partial charge in [0, 0.05) is 22.9 Å². The molecular weight excluding hydrogens is 376 g/mol. The van der Waals surface area contributed by atoms with Crippen LogP contribution in [-0.4, -0.2) is 49.5 Å². The van der Waals surface area contributed by atoms with Crippen molar-refractivity contribution in [2.75, 3.05) is 20.8 Å². The minimum absolute atomic E-state index is 0.0183. The minimum atomic E-state index is -0.794. The fraction of sp³-hybridized carbons (Fsp3) is 0.381. The van der Waals surface area contributed by atoms with E-state index >= 15 is 0 Å². The van der Waals surface area contributed by atoms with Crippen molar-refractivity contribution in [1.82, 2.24) is 10.3 Å². The van der Waals surface area contributed by atoms with Gasteiger partial charge < -0.3 is 24.5 Å². The molecule has 0 spiro atoms. The van der Waals surface area contributed by atoms with Gasteiger partial charge in [0.1, 0.15) is 17.2 Å². The Morgan fingerprint density at radius 1 is 1.14 bits per heavy atom. The van der Waals surface area contributed by atoms with Gasteiger partial charge in [0.15, 0.2) is 0 Å². The van der Waals surface area contributed by atoms with Crippen LogP contribution in [0.2, 0.25) is 0 Å². The molecule has 1 heterocycles. The number of Topliss-reactive ketones (excluding diaryl/α,β-unsaturated/α-hetero) is 1. The van der Waals surface area contributed by atoms with E-state index in [1.54, 1.807) is 45.9 Å². The Balaban J connectivity index is 2.78. The van der Waals surface area contributed by atoms with Crippen molar-refractivity contribution in [3.63, 3.8) is 0 Å². The van der Waals surface area contributed by atoms with Gasteiger partial charge >= 0.3 is 5.97 Å². The van der Waals surface area contributed by atoms with Gasteiger partial charge in [0.05, 0.1) is 26.4 Å². The molecule has 1 amide bonds. The predicted molar refractivity (Wildman–Crippen MR) is 108 cm³/mol. The molecule has 0 saturated heterocycles. The van der Waals surface area contributed by atoms with Crippen molar-refractivity contribution < 1.29 is 28.6 Å². The number of ketones is 1. The maximum atomic E-state index is 12.9. The maximum absolute atomic E-state index is 12.9. The molecule has 0 aliphatic carbocycles. The number of aryl methyl sites for hydroxylation is 1. The molecule has 0 radical (unpaired) electrons. The zero-order valence-corrected chi connectivity index (χ0v) is 17.5. The Morgan fingerprint density at radius 3 is 2.38 bits per heavy atom. The van der Waals surface area contributed by atoms with Crippen LogP contribution in [0.15, 0.2) is 18.2 Å². The highest BCUT2D eigenvalue weighted by Crippen LogP contribution is 2.39. The lowest BCUT2D eigenvalue weighted by atomic mass is 9.97. The van der Waals surface area contributed by atoms with Gasteiger partial charge in [-0.05, 0) is 45.9 Å². The minimum Gasteiger partial charge on any atom is -0.497 e. The molecule has 2 N–H and O–H groups in total. The molecule has 1 aromatic heterocycles. The summed E-state index contributed by atoms with van der Waals surface area (Å²) in [7, 11) is 2.98. The summed E-state index contributed by atoms with van der Waals surface area (Å²) in [4.78, 5) is 40.8. The summed E-state index contributed by atoms with van der Waals surface area (Å²) in [6.45, 7) is 6.99. The van der Waals surface area contributed by atoms with Crippen molar-refractivity contribution in [3.05, 3.63) is 35.2 Å². The molecule has 2 rings (SSSR count). The maximum Gasteiger partial charge on any atom is 0.340 e. The van der Waals surface area contributed by atoms with Crippen LogP contribution in [0.5, 0.6) is 11.5 Å². The summed E-state index contributed by atoms with van der Waals surface area (Å²) >= 11 is 0. The van der Waals surface area contributed by atoms with E-state index in [1.807, 2.05) is 0 Å². The monoisotopic (exact) mass is 402 g/mol. The Kier molecular flexibility index (Phi) is 7.03. The standard InChI is InChI=1S/C21H26N2O6/c1-7-29-21(26)16-12(4)23-18(19(24)20(25)22-11(2)3)17(16)14-10-13(27-5)8-9-15(14)28-6/h8-11,23H,7H2,1-6H3,(H,22,25). The molecule has 1 aromatic carbocycles. The highest BCUT2D eigenvalue weighted by atomic mass is 16.5. The number of H-pyrrole nitrogens is 1. The van der Waals surface area contributed by atoms with E-state index in [-0.39, 0.29) is 29.5 Å². The third kappa shape index (κ3) is 4.59. The van der Waals surface area contributed by atoms with Crippen LogP contribution in [0.1, 0.15) is 47.3 Å². The van der Waals surface area contributed by atoms with Gasteiger partial charge in [-0.25, -0.2) is 4.79 Å². The summed E-state index contributed by atoms with van der Waals surface area (Å²) in [6.07, 6.45) is 0. The van der Waals surface area contributed by atoms with E-state index in [4.69, 9.17) is 14.2 Å². The van der Waals surface area contributed by atoms with Gasteiger partial charge in [-0.15, -0.1) is 0 Å². The van der Waals surface area contributed by atoms with Crippen molar-refractivity contribution in [1.29, 1.82) is 0 Å². The van der Waals surface area contributed by atoms with Gasteiger partial charge in [-0.3, -0.25) is 9.59 Å². The second kappa shape index (κ2) is 9.27. The molecule has 0 atom stereocenters. The van der Waals surface area contributed by atoms with Crippen LogP contribution < -0.4 is 14.8 Å². The number of rotatable bonds is 8. The number of carbonyl (C=O) groups excluding carboxylic acids is 3. The fourth-order valence-electron chi connectivity index (χ4n) is 2.97. The second-order valence-corrected chi connectivity index (χ2v) is 6.62. The molecule has 156 valence electrons. The number of ether oxygens (including phenoxy) is 3. The average Bonchev–Trinajstić information content (AvgIpc) is 3.03. The highest BCUT2D eigenvalue weighted by molar-refractivity contribution is 6.44. The van der Waals surface area contributed by atoms with Crippen LogP contribution in [-0.2, 0) is 9.53 Å². The molecule has 0 saturated carbocycles. The van der Waals surface area contributed by atoms with Crippen LogP contribution in [0.25, 0.3) is 11.1 Å². The van der Waals surface area contributed by atoms with Gasteiger partial charge in [-0.2, -0.15) is 0 Å². The number of aromatic amines is 1. The summed E-state index contributed by atoms with van der Waals surface area (Å²) in [5, 5.41) is 2.57. The number of esters is 1. The van der Waals surface area contributed by atoms with Crippen molar-refractivity contribution >= 4 is 17.7 Å². The summed E-state index contributed by atoms with van der Waals surface area (Å²) in [5.41, 5.74) is 1.22. The topological polar surface area (TPSA) is 107 Å². The third-order valence-corrected chi connectivity index (χ3v) is 4.20. The van der Waals surface area contributed by atoms with Crippen molar-refractivity contribution in [2.24, 2.45) is 0 Å². The summed E-state index contributed by atoms with van der Waals surface area (Å²) in [5.74, 6) is -1.27. The number of hydrogen-bond acceptors (Lipinski definition) is 6. The quantitative estimate of drug-likeness (QED) is 0.399. The smallest absolute Gasteiger partial charge is 0.340 e. The largest absolute Gasteiger partial charge is 0.497 e. The number of hydrogen-bond donors (Lipinski definition) is 2. The lowest BCUT2D eigenvalue weighted by Crippen LogP contribution is -2.36. The molecule has 29 heavy (non-hydrogen) atoms. The molecule has 0 unspecified atom stereocenters. The van der Waals surface area contributed by atoms with Crippen LogP contribution in [0.3, 0.4) is 0 Å². The van der Waals surface area contributed by atoms with E-state index in [2.05, 4.69) is 10.3 Å². The lowest BCUT2D eigenvalue weighted by Gasteiger charge is -2.13. The second-order valence-electron chi connectivity index (χ2n) is 6.62. The van der Waals surface area contributed by atoms with Gasteiger partial charge in [0.2, 0.25) is 0 Å². The summed E-state index contributed by atoms with van der Waals surface area (Å²) in [6, 6.07) is 4.77. The Morgan fingerprint density at radius 2 is 1.83 bits per heavy atom. The Bertz CT molecular complexity index is 929. The van der Waals surface area contributed by atoms with Crippen LogP contribution in [0.4, 0.5) is 0 Å². The molecular formula is C21H26N2O6. The fourth-order valence-corrected chi connectivity index (χ4v) is 2.97. The van der Waals surface area contributed by atoms with Crippen LogP contribution in [0, 0.1) is 6.92 Å². The first kappa shape index (κ1) is 22.0. The molecule has 0 aliphatic heterocycles. The number of carbonyl (C=O) groups is 3. The van der Waals surface area contributed by atoms with E-state index in [9.17, 15) is 14.4 Å². The lowest BCUT2D eigenvalue weighted by molar-refractivity contribution is -0.117. The van der Waals surface area contributed by atoms with Crippen molar-refractivity contribution in [3.8, 4) is 22.6 Å². The first-order valence-electron chi connectivity index (χ1n) is 9.22. The highest BCUT2D eigenvalue weighted by Gasteiger charge is 2.31. The molecule has 8 nitrogen and oxygen atoms in total. The van der Waals surface area contributed by atoms with Gasteiger partial charge in [-0.1, -0.05) is 0 Å². The molecule has 0 bridgehead atoms. The molecule has 2 aromatic rings. The third-order valence-electron chi connectivity index (χ3n) is 4.20. The number of amides is 1.